The number of nitrogens with zero attached hydrogens (tertiary/aromatic N) is 1. The van der Waals surface area contributed by atoms with Gasteiger partial charge in [-0.25, -0.2) is 4.98 Å². The molecule has 0 spiro atoms. The molecule has 15 heavy (non-hydrogen) atoms. The summed E-state index contributed by atoms with van der Waals surface area (Å²) in [5.41, 5.74) is 1.17. The summed E-state index contributed by atoms with van der Waals surface area (Å²) in [4.78, 5) is 4.13. The number of halogens is 1. The summed E-state index contributed by atoms with van der Waals surface area (Å²) >= 11 is 3.38. The molecule has 1 aromatic carbocycles. The Balaban J connectivity index is 2.26. The highest BCUT2D eigenvalue weighted by molar-refractivity contribution is 9.10. The third-order valence-corrected chi connectivity index (χ3v) is 2.53. The van der Waals surface area contributed by atoms with Gasteiger partial charge < -0.3 is 4.74 Å². The van der Waals surface area contributed by atoms with Crippen molar-refractivity contribution < 1.29 is 4.74 Å². The Kier molecular flexibility index (Phi) is 3.02. The second kappa shape index (κ2) is 4.45. The number of hydrogen-bond acceptors (Lipinski definition) is 2. The molecule has 0 aliphatic rings. The average Bonchev–Trinajstić information content (AvgIpc) is 2.22. The van der Waals surface area contributed by atoms with Crippen LogP contribution in [0.3, 0.4) is 0 Å². The number of aryl methyl sites for hydroxylation is 1. The van der Waals surface area contributed by atoms with Crippen molar-refractivity contribution in [3.05, 3.63) is 52.6 Å². The maximum atomic E-state index is 5.63. The monoisotopic (exact) mass is 263 g/mol. The van der Waals surface area contributed by atoms with Gasteiger partial charge in [-0.05, 0) is 52.7 Å². The van der Waals surface area contributed by atoms with Crippen LogP contribution >= 0.6 is 15.9 Å². The second-order valence-corrected chi connectivity index (χ2v) is 4.06. The normalized spacial score (nSPS) is 10.0. The molecule has 2 aromatic rings. The molecule has 1 heterocycles. The Bertz CT molecular complexity index is 471. The van der Waals surface area contributed by atoms with Crippen molar-refractivity contribution in [3.63, 3.8) is 0 Å². The fourth-order valence-corrected chi connectivity index (χ4v) is 1.57. The quantitative estimate of drug-likeness (QED) is 0.819. The Morgan fingerprint density at radius 1 is 1.20 bits per heavy atom. The molecule has 2 rings (SSSR count). The van der Waals surface area contributed by atoms with Gasteiger partial charge in [-0.1, -0.05) is 12.1 Å². The predicted molar refractivity (Wildman–Crippen MR) is 63.2 cm³/mol. The molecular formula is C12H10BrNO. The van der Waals surface area contributed by atoms with Crippen LogP contribution in [0, 0.1) is 6.92 Å². The van der Waals surface area contributed by atoms with E-state index < -0.39 is 0 Å². The van der Waals surface area contributed by atoms with E-state index in [1.54, 1.807) is 6.20 Å². The molecule has 0 unspecified atom stereocenters. The number of benzene rings is 1. The van der Waals surface area contributed by atoms with Gasteiger partial charge in [0, 0.05) is 6.20 Å². The van der Waals surface area contributed by atoms with Crippen LogP contribution in [0.2, 0.25) is 0 Å². The van der Waals surface area contributed by atoms with Crippen LogP contribution in [0.4, 0.5) is 0 Å². The Morgan fingerprint density at radius 2 is 2.07 bits per heavy atom. The van der Waals surface area contributed by atoms with Crippen LogP contribution < -0.4 is 4.74 Å². The Labute approximate surface area is 97.1 Å². The minimum atomic E-state index is 0.586. The van der Waals surface area contributed by atoms with E-state index in [0.717, 1.165) is 10.2 Å². The third kappa shape index (κ3) is 2.57. The van der Waals surface area contributed by atoms with Gasteiger partial charge in [-0.3, -0.25) is 0 Å². The maximum absolute atomic E-state index is 5.63. The summed E-state index contributed by atoms with van der Waals surface area (Å²) in [6.07, 6.45) is 1.70. The molecule has 0 amide bonds. The fourth-order valence-electron chi connectivity index (χ4n) is 1.24. The predicted octanol–water partition coefficient (Wildman–Crippen LogP) is 3.94. The van der Waals surface area contributed by atoms with Crippen molar-refractivity contribution in [2.24, 2.45) is 0 Å². The van der Waals surface area contributed by atoms with Gasteiger partial charge in [0.05, 0.1) is 4.47 Å². The molecular weight excluding hydrogens is 254 g/mol. The average molecular weight is 264 g/mol. The molecule has 1 aromatic heterocycles. The van der Waals surface area contributed by atoms with E-state index in [0.29, 0.717) is 5.88 Å². The molecule has 2 nitrogen and oxygen atoms in total. The minimum absolute atomic E-state index is 0.586. The van der Waals surface area contributed by atoms with Crippen LogP contribution in [0.5, 0.6) is 11.6 Å². The lowest BCUT2D eigenvalue weighted by atomic mass is 10.2. The molecule has 0 radical (unpaired) electrons. The van der Waals surface area contributed by atoms with Gasteiger partial charge in [0.15, 0.2) is 0 Å². The largest absolute Gasteiger partial charge is 0.438 e. The van der Waals surface area contributed by atoms with Gasteiger partial charge in [-0.15, -0.1) is 0 Å². The lowest BCUT2D eigenvalue weighted by molar-refractivity contribution is 0.459. The van der Waals surface area contributed by atoms with E-state index in [1.807, 2.05) is 43.3 Å². The van der Waals surface area contributed by atoms with Crippen LogP contribution in [0.15, 0.2) is 47.1 Å². The molecule has 0 fully saturated rings. The summed E-state index contributed by atoms with van der Waals surface area (Å²) in [6.45, 7) is 2.03. The van der Waals surface area contributed by atoms with Crippen LogP contribution in [-0.2, 0) is 0 Å². The molecule has 0 N–H and O–H groups in total. The summed E-state index contributed by atoms with van der Waals surface area (Å²) in [7, 11) is 0. The molecule has 0 bridgehead atoms. The van der Waals surface area contributed by atoms with Crippen molar-refractivity contribution in [2.45, 2.75) is 6.92 Å². The lowest BCUT2D eigenvalue weighted by Crippen LogP contribution is -1.88. The van der Waals surface area contributed by atoms with E-state index >= 15 is 0 Å². The number of hydrogen-bond donors (Lipinski definition) is 0. The molecule has 0 aliphatic carbocycles. The topological polar surface area (TPSA) is 22.1 Å². The highest BCUT2D eigenvalue weighted by Gasteiger charge is 2.02. The zero-order valence-electron chi connectivity index (χ0n) is 8.27. The van der Waals surface area contributed by atoms with E-state index in [9.17, 15) is 0 Å². The lowest BCUT2D eigenvalue weighted by Gasteiger charge is -2.06. The minimum Gasteiger partial charge on any atom is -0.438 e. The molecule has 76 valence electrons. The van der Waals surface area contributed by atoms with Crippen LogP contribution in [-0.4, -0.2) is 4.98 Å². The van der Waals surface area contributed by atoms with Crippen molar-refractivity contribution >= 4 is 15.9 Å². The van der Waals surface area contributed by atoms with Crippen molar-refractivity contribution in [1.29, 1.82) is 0 Å². The summed E-state index contributed by atoms with van der Waals surface area (Å²) in [5.74, 6) is 1.39. The van der Waals surface area contributed by atoms with E-state index in [-0.39, 0.29) is 0 Å². The van der Waals surface area contributed by atoms with Gasteiger partial charge in [0.1, 0.15) is 5.75 Å². The van der Waals surface area contributed by atoms with E-state index in [1.165, 1.54) is 5.56 Å². The van der Waals surface area contributed by atoms with Crippen molar-refractivity contribution in [3.8, 4) is 11.6 Å². The number of ether oxygens (including phenoxy) is 1. The molecule has 0 saturated heterocycles. The third-order valence-electron chi connectivity index (χ3n) is 1.93. The van der Waals surface area contributed by atoms with E-state index in [2.05, 4.69) is 20.9 Å². The van der Waals surface area contributed by atoms with Gasteiger partial charge >= 0.3 is 0 Å². The standard InChI is InChI=1S/C12H10BrNO/c1-9-4-2-5-10(8-9)15-12-11(13)6-3-7-14-12/h2-8H,1H3. The number of pyridine rings is 1. The highest BCUT2D eigenvalue weighted by Crippen LogP contribution is 2.26. The van der Waals surface area contributed by atoms with Gasteiger partial charge in [0.2, 0.25) is 5.88 Å². The SMILES string of the molecule is Cc1cccc(Oc2ncccc2Br)c1. The summed E-state index contributed by atoms with van der Waals surface area (Å²) in [5, 5.41) is 0. The van der Waals surface area contributed by atoms with E-state index in [4.69, 9.17) is 4.74 Å². The molecule has 0 atom stereocenters. The molecule has 0 saturated carbocycles. The maximum Gasteiger partial charge on any atom is 0.233 e. The first kappa shape index (κ1) is 10.2. The summed E-state index contributed by atoms with van der Waals surface area (Å²) in [6, 6.07) is 11.6. The highest BCUT2D eigenvalue weighted by atomic mass is 79.9. The zero-order valence-corrected chi connectivity index (χ0v) is 9.86. The van der Waals surface area contributed by atoms with Crippen LogP contribution in [0.1, 0.15) is 5.56 Å². The van der Waals surface area contributed by atoms with Gasteiger partial charge in [0.25, 0.3) is 0 Å². The first-order chi connectivity index (χ1) is 7.25. The van der Waals surface area contributed by atoms with Gasteiger partial charge in [-0.2, -0.15) is 0 Å². The second-order valence-electron chi connectivity index (χ2n) is 3.21. The molecule has 3 heteroatoms. The van der Waals surface area contributed by atoms with Crippen LogP contribution in [0.25, 0.3) is 0 Å². The van der Waals surface area contributed by atoms with Crippen molar-refractivity contribution in [1.82, 2.24) is 4.98 Å². The first-order valence-corrected chi connectivity index (χ1v) is 5.40. The Hall–Kier alpha value is -1.35. The zero-order chi connectivity index (χ0) is 10.7. The summed E-state index contributed by atoms with van der Waals surface area (Å²) < 4.78 is 6.49. The fraction of sp³-hybridized carbons (Fsp3) is 0.0833. The number of aromatic nitrogens is 1. The first-order valence-electron chi connectivity index (χ1n) is 4.61. The molecule has 0 aliphatic heterocycles. The van der Waals surface area contributed by atoms with Crippen molar-refractivity contribution in [2.75, 3.05) is 0 Å². The number of rotatable bonds is 2. The smallest absolute Gasteiger partial charge is 0.233 e. The Morgan fingerprint density at radius 3 is 2.80 bits per heavy atom.